The molecule has 0 aliphatic heterocycles. The van der Waals surface area contributed by atoms with Crippen molar-refractivity contribution in [3.8, 4) is 0 Å². The molecule has 2 aromatic carbocycles. The van der Waals surface area contributed by atoms with Gasteiger partial charge < -0.3 is 10.4 Å². The third-order valence-electron chi connectivity index (χ3n) is 3.43. The van der Waals surface area contributed by atoms with E-state index in [1.165, 1.54) is 36.4 Å². The zero-order valence-electron chi connectivity index (χ0n) is 13.1. The van der Waals surface area contributed by atoms with E-state index in [-0.39, 0.29) is 40.8 Å². The molecule has 0 saturated heterocycles. The Labute approximate surface area is 170 Å². The Morgan fingerprint density at radius 2 is 1.62 bits per heavy atom. The van der Waals surface area contributed by atoms with E-state index >= 15 is 0 Å². The summed E-state index contributed by atoms with van der Waals surface area (Å²) in [6.07, 6.45) is -3.23. The van der Waals surface area contributed by atoms with Gasteiger partial charge in [-0.25, -0.2) is 4.79 Å². The second-order valence-electron chi connectivity index (χ2n) is 5.24. The van der Waals surface area contributed by atoms with E-state index < -0.39 is 23.6 Å². The molecule has 8 heteroatoms. The number of aromatic carboxylic acids is 1. The van der Waals surface area contributed by atoms with Gasteiger partial charge in [-0.2, -0.15) is 13.2 Å². The van der Waals surface area contributed by atoms with Gasteiger partial charge in [0.2, 0.25) is 5.91 Å². The number of para-hydroxylation sites is 1. The molecular formula is C18H15F3NNaO3. The first-order chi connectivity index (χ1) is 11.7. The number of carboxylic acid groups (broad SMARTS) is 1. The molecule has 1 amide bonds. The standard InChI is InChI=1S/C18H14F3NO3.Na.H/c1-11(12-6-8-13(9-7-12)18(19,20)21)10-16(23)22-15-5-3-2-4-14(15)17(24)25;;/h2-10H,1H3,(H,22,23)(H,24,25);;/b11-10-;;. The normalized spacial score (nSPS) is 11.5. The van der Waals surface area contributed by atoms with Gasteiger partial charge in [-0.15, -0.1) is 0 Å². The molecule has 26 heavy (non-hydrogen) atoms. The first-order valence-corrected chi connectivity index (χ1v) is 7.17. The van der Waals surface area contributed by atoms with E-state index in [1.807, 2.05) is 0 Å². The topological polar surface area (TPSA) is 66.4 Å². The van der Waals surface area contributed by atoms with Crippen molar-refractivity contribution in [1.29, 1.82) is 0 Å². The van der Waals surface area contributed by atoms with Crippen LogP contribution in [0.3, 0.4) is 0 Å². The van der Waals surface area contributed by atoms with Crippen molar-refractivity contribution >= 4 is 52.7 Å². The fourth-order valence-corrected chi connectivity index (χ4v) is 2.15. The maximum atomic E-state index is 12.5. The third-order valence-corrected chi connectivity index (χ3v) is 3.43. The number of anilines is 1. The van der Waals surface area contributed by atoms with Gasteiger partial charge in [0.25, 0.3) is 0 Å². The van der Waals surface area contributed by atoms with Crippen LogP contribution in [0.15, 0.2) is 54.6 Å². The number of rotatable bonds is 4. The van der Waals surface area contributed by atoms with Gasteiger partial charge in [0.1, 0.15) is 0 Å². The van der Waals surface area contributed by atoms with Crippen molar-refractivity contribution in [3.63, 3.8) is 0 Å². The predicted octanol–water partition coefficient (Wildman–Crippen LogP) is 3.80. The van der Waals surface area contributed by atoms with Crippen molar-refractivity contribution in [3.05, 3.63) is 71.3 Å². The molecule has 132 valence electrons. The number of hydrogen-bond acceptors (Lipinski definition) is 2. The summed E-state index contributed by atoms with van der Waals surface area (Å²) in [5.74, 6) is -1.76. The van der Waals surface area contributed by atoms with E-state index in [1.54, 1.807) is 13.0 Å². The first kappa shape index (κ1) is 22.0. The Morgan fingerprint density at radius 1 is 1.04 bits per heavy atom. The summed E-state index contributed by atoms with van der Waals surface area (Å²) >= 11 is 0. The van der Waals surface area contributed by atoms with Crippen LogP contribution in [0.1, 0.15) is 28.4 Å². The first-order valence-electron chi connectivity index (χ1n) is 7.17. The van der Waals surface area contributed by atoms with Crippen LogP contribution >= 0.6 is 0 Å². The van der Waals surface area contributed by atoms with Crippen molar-refractivity contribution in [2.75, 3.05) is 5.32 Å². The van der Waals surface area contributed by atoms with Gasteiger partial charge in [-0.05, 0) is 42.3 Å². The summed E-state index contributed by atoms with van der Waals surface area (Å²) in [5.41, 5.74) is 0.200. The van der Waals surface area contributed by atoms with Gasteiger partial charge in [-0.3, -0.25) is 4.79 Å². The molecule has 0 fully saturated rings. The number of halogens is 3. The average molecular weight is 373 g/mol. The van der Waals surface area contributed by atoms with Gasteiger partial charge in [0, 0.05) is 6.08 Å². The Morgan fingerprint density at radius 3 is 2.15 bits per heavy atom. The fraction of sp³-hybridized carbons (Fsp3) is 0.111. The molecule has 2 rings (SSSR count). The van der Waals surface area contributed by atoms with Crippen LogP contribution in [0.2, 0.25) is 0 Å². The van der Waals surface area contributed by atoms with Crippen LogP contribution in [0.4, 0.5) is 18.9 Å². The number of carboxylic acids is 1. The van der Waals surface area contributed by atoms with Gasteiger partial charge in [0.05, 0.1) is 16.8 Å². The number of carbonyl (C=O) groups is 2. The molecule has 0 saturated carbocycles. The SMILES string of the molecule is C/C(=C/C(=O)Nc1ccccc1C(=O)O)c1ccc(C(F)(F)F)cc1.[NaH]. The second-order valence-corrected chi connectivity index (χ2v) is 5.24. The Hall–Kier alpha value is -2.09. The Bertz CT molecular complexity index is 830. The minimum absolute atomic E-state index is 0. The van der Waals surface area contributed by atoms with Crippen LogP contribution < -0.4 is 5.32 Å². The summed E-state index contributed by atoms with van der Waals surface area (Å²) in [5, 5.41) is 11.5. The minimum atomic E-state index is -4.42. The van der Waals surface area contributed by atoms with E-state index in [0.29, 0.717) is 11.1 Å². The summed E-state index contributed by atoms with van der Waals surface area (Å²) in [7, 11) is 0. The molecule has 4 nitrogen and oxygen atoms in total. The maximum absolute atomic E-state index is 12.5. The van der Waals surface area contributed by atoms with Crippen molar-refractivity contribution in [1.82, 2.24) is 0 Å². The number of alkyl halides is 3. The number of benzene rings is 2. The van der Waals surface area contributed by atoms with Crippen LogP contribution in [0, 0.1) is 0 Å². The van der Waals surface area contributed by atoms with Crippen LogP contribution in [0.25, 0.3) is 5.57 Å². The molecule has 0 aliphatic rings. The molecule has 0 radical (unpaired) electrons. The zero-order chi connectivity index (χ0) is 18.6. The molecule has 0 unspecified atom stereocenters. The fourth-order valence-electron chi connectivity index (χ4n) is 2.15. The molecule has 0 atom stereocenters. The number of carbonyl (C=O) groups excluding carboxylic acids is 1. The Kier molecular flexibility index (Phi) is 7.62. The molecule has 0 bridgehead atoms. The van der Waals surface area contributed by atoms with Gasteiger partial charge >= 0.3 is 41.7 Å². The van der Waals surface area contributed by atoms with Gasteiger partial charge in [0.15, 0.2) is 0 Å². The summed E-state index contributed by atoms with van der Waals surface area (Å²) in [6, 6.07) is 10.3. The molecule has 2 N–H and O–H groups in total. The number of amides is 1. The monoisotopic (exact) mass is 373 g/mol. The Balaban J connectivity index is 0.00000338. The number of allylic oxidation sites excluding steroid dienone is 1. The number of hydrogen-bond donors (Lipinski definition) is 2. The van der Waals surface area contributed by atoms with Gasteiger partial charge in [-0.1, -0.05) is 24.3 Å². The van der Waals surface area contributed by atoms with Crippen molar-refractivity contribution in [2.45, 2.75) is 13.1 Å². The number of nitrogens with one attached hydrogen (secondary N) is 1. The van der Waals surface area contributed by atoms with Crippen molar-refractivity contribution in [2.24, 2.45) is 0 Å². The molecule has 2 aromatic rings. The van der Waals surface area contributed by atoms with E-state index in [9.17, 15) is 22.8 Å². The molecular weight excluding hydrogens is 358 g/mol. The zero-order valence-corrected chi connectivity index (χ0v) is 13.1. The van der Waals surface area contributed by atoms with E-state index in [4.69, 9.17) is 5.11 Å². The molecule has 0 aromatic heterocycles. The second kappa shape index (κ2) is 9.02. The average Bonchev–Trinajstić information content (AvgIpc) is 2.54. The predicted molar refractivity (Wildman–Crippen MR) is 94.3 cm³/mol. The summed E-state index contributed by atoms with van der Waals surface area (Å²) < 4.78 is 37.6. The van der Waals surface area contributed by atoms with Crippen LogP contribution in [0.5, 0.6) is 0 Å². The van der Waals surface area contributed by atoms with Crippen molar-refractivity contribution < 1.29 is 27.9 Å². The van der Waals surface area contributed by atoms with E-state index in [0.717, 1.165) is 12.1 Å². The molecule has 0 aliphatic carbocycles. The quantitative estimate of drug-likeness (QED) is 0.633. The van der Waals surface area contributed by atoms with Crippen LogP contribution in [-0.4, -0.2) is 46.5 Å². The molecule has 0 spiro atoms. The van der Waals surface area contributed by atoms with Crippen LogP contribution in [-0.2, 0) is 11.0 Å². The summed E-state index contributed by atoms with van der Waals surface area (Å²) in [6.45, 7) is 1.57. The third kappa shape index (κ3) is 5.72. The summed E-state index contributed by atoms with van der Waals surface area (Å²) in [4.78, 5) is 23.1. The van der Waals surface area contributed by atoms with E-state index in [2.05, 4.69) is 5.32 Å². The molecule has 0 heterocycles.